The van der Waals surface area contributed by atoms with Crippen LogP contribution >= 0.6 is 11.3 Å². The normalized spacial score (nSPS) is 17.3. The average Bonchev–Trinajstić information content (AvgIpc) is 2.97. The van der Waals surface area contributed by atoms with Gasteiger partial charge in [-0.25, -0.2) is 0 Å². The summed E-state index contributed by atoms with van der Waals surface area (Å²) in [5, 5.41) is 15.9. The lowest BCUT2D eigenvalue weighted by atomic mass is 9.79. The minimum absolute atomic E-state index is 0.0330. The van der Waals surface area contributed by atoms with Crippen molar-refractivity contribution in [1.29, 1.82) is 0 Å². The first-order chi connectivity index (χ1) is 9.10. The van der Waals surface area contributed by atoms with E-state index in [0.717, 1.165) is 31.2 Å². The Morgan fingerprint density at radius 1 is 1.32 bits per heavy atom. The molecular weight excluding hydrogens is 262 g/mol. The lowest BCUT2D eigenvalue weighted by Gasteiger charge is -2.26. The second kappa shape index (κ2) is 6.19. The third kappa shape index (κ3) is 4.06. The number of thiophene rings is 1. The third-order valence-corrected chi connectivity index (χ3v) is 4.53. The first-order valence-electron chi connectivity index (χ1n) is 6.59. The van der Waals surface area contributed by atoms with Gasteiger partial charge in [0.2, 0.25) is 5.91 Å². The molecule has 0 aromatic carbocycles. The molecule has 1 amide bonds. The second-order valence-electron chi connectivity index (χ2n) is 5.36. The molecule has 0 bridgehead atoms. The number of carboxylic acids is 1. The minimum atomic E-state index is -0.799. The fourth-order valence-electron chi connectivity index (χ4n) is 2.86. The lowest BCUT2D eigenvalue weighted by molar-refractivity contribution is -0.140. The zero-order valence-corrected chi connectivity index (χ0v) is 11.7. The maximum Gasteiger partial charge on any atom is 0.303 e. The fourth-order valence-corrected chi connectivity index (χ4v) is 3.53. The van der Waals surface area contributed by atoms with Gasteiger partial charge in [-0.3, -0.25) is 9.59 Å². The summed E-state index contributed by atoms with van der Waals surface area (Å²) in [7, 11) is 0. The van der Waals surface area contributed by atoms with Crippen LogP contribution < -0.4 is 5.32 Å². The molecule has 0 atom stereocenters. The molecule has 1 aliphatic rings. The topological polar surface area (TPSA) is 66.4 Å². The summed E-state index contributed by atoms with van der Waals surface area (Å²) in [6.45, 7) is 0.533. The van der Waals surface area contributed by atoms with Crippen LogP contribution in [0.1, 0.15) is 44.1 Å². The Morgan fingerprint density at radius 3 is 2.63 bits per heavy atom. The van der Waals surface area contributed by atoms with Crippen LogP contribution in [0.15, 0.2) is 16.8 Å². The quantitative estimate of drug-likeness (QED) is 0.842. The molecule has 1 heterocycles. The van der Waals surface area contributed by atoms with Crippen molar-refractivity contribution in [1.82, 2.24) is 5.32 Å². The summed E-state index contributed by atoms with van der Waals surface area (Å²) in [6, 6.07) is 1.98. The van der Waals surface area contributed by atoms with Crippen molar-refractivity contribution in [2.45, 2.75) is 45.1 Å². The molecule has 1 aliphatic carbocycles. The van der Waals surface area contributed by atoms with E-state index in [-0.39, 0.29) is 17.7 Å². The molecule has 0 saturated heterocycles. The molecule has 2 N–H and O–H groups in total. The van der Waals surface area contributed by atoms with Gasteiger partial charge in [-0.15, -0.1) is 0 Å². The molecule has 0 unspecified atom stereocenters. The molecule has 5 heteroatoms. The Morgan fingerprint density at radius 2 is 2.05 bits per heavy atom. The van der Waals surface area contributed by atoms with E-state index in [2.05, 4.69) is 5.32 Å². The SMILES string of the molecule is O=C(O)CC1(CC(=O)NCc2ccsc2)CCCC1. The molecule has 1 fully saturated rings. The van der Waals surface area contributed by atoms with Crippen LogP contribution in [0.25, 0.3) is 0 Å². The van der Waals surface area contributed by atoms with Gasteiger partial charge in [-0.1, -0.05) is 12.8 Å². The maximum atomic E-state index is 12.0. The van der Waals surface area contributed by atoms with E-state index in [1.807, 2.05) is 16.8 Å². The summed E-state index contributed by atoms with van der Waals surface area (Å²) >= 11 is 1.60. The monoisotopic (exact) mass is 281 g/mol. The number of carbonyl (C=O) groups excluding carboxylic acids is 1. The summed E-state index contributed by atoms with van der Waals surface area (Å²) in [5.74, 6) is -0.832. The van der Waals surface area contributed by atoms with E-state index in [0.29, 0.717) is 13.0 Å². The molecule has 1 aromatic rings. The molecule has 0 spiro atoms. The highest BCUT2D eigenvalue weighted by atomic mass is 32.1. The van der Waals surface area contributed by atoms with E-state index < -0.39 is 5.97 Å². The van der Waals surface area contributed by atoms with Crippen LogP contribution in [0.2, 0.25) is 0 Å². The van der Waals surface area contributed by atoms with Gasteiger partial charge in [-0.2, -0.15) is 11.3 Å². The van der Waals surface area contributed by atoms with E-state index in [4.69, 9.17) is 5.11 Å². The van der Waals surface area contributed by atoms with Crippen molar-refractivity contribution < 1.29 is 14.7 Å². The van der Waals surface area contributed by atoms with Crippen molar-refractivity contribution in [3.05, 3.63) is 22.4 Å². The van der Waals surface area contributed by atoms with Gasteiger partial charge in [0.15, 0.2) is 0 Å². The largest absolute Gasteiger partial charge is 0.481 e. The first kappa shape index (κ1) is 14.1. The van der Waals surface area contributed by atoms with Gasteiger partial charge in [0.25, 0.3) is 0 Å². The zero-order valence-electron chi connectivity index (χ0n) is 10.9. The van der Waals surface area contributed by atoms with Crippen molar-refractivity contribution >= 4 is 23.2 Å². The van der Waals surface area contributed by atoms with Crippen LogP contribution in [0, 0.1) is 5.41 Å². The van der Waals surface area contributed by atoms with Gasteiger partial charge >= 0.3 is 5.97 Å². The molecular formula is C14H19NO3S. The number of rotatable bonds is 6. The summed E-state index contributed by atoms with van der Waals surface area (Å²) in [4.78, 5) is 22.9. The van der Waals surface area contributed by atoms with E-state index in [1.165, 1.54) is 0 Å². The summed E-state index contributed by atoms with van der Waals surface area (Å²) < 4.78 is 0. The van der Waals surface area contributed by atoms with E-state index >= 15 is 0 Å². The number of hydrogen-bond donors (Lipinski definition) is 2. The minimum Gasteiger partial charge on any atom is -0.481 e. The highest BCUT2D eigenvalue weighted by molar-refractivity contribution is 7.07. The standard InChI is InChI=1S/C14H19NO3S/c16-12(15-9-11-3-6-19-10-11)7-14(8-13(17)18)4-1-2-5-14/h3,6,10H,1-2,4-5,7-9H2,(H,15,16)(H,17,18). The smallest absolute Gasteiger partial charge is 0.303 e. The Balaban J connectivity index is 1.86. The number of carbonyl (C=O) groups is 2. The van der Waals surface area contributed by atoms with Gasteiger partial charge in [-0.05, 0) is 40.6 Å². The number of hydrogen-bond acceptors (Lipinski definition) is 3. The predicted octanol–water partition coefficient (Wildman–Crippen LogP) is 2.79. The van der Waals surface area contributed by atoms with Crippen molar-refractivity contribution in [3.8, 4) is 0 Å². The van der Waals surface area contributed by atoms with Crippen LogP contribution in [0.3, 0.4) is 0 Å². The molecule has 104 valence electrons. The van der Waals surface area contributed by atoms with Gasteiger partial charge < -0.3 is 10.4 Å². The number of carboxylic acid groups (broad SMARTS) is 1. The molecule has 1 saturated carbocycles. The highest BCUT2D eigenvalue weighted by Crippen LogP contribution is 2.43. The van der Waals surface area contributed by atoms with Crippen LogP contribution in [-0.2, 0) is 16.1 Å². The Labute approximate surface area is 116 Å². The predicted molar refractivity (Wildman–Crippen MR) is 73.9 cm³/mol. The highest BCUT2D eigenvalue weighted by Gasteiger charge is 2.37. The van der Waals surface area contributed by atoms with Crippen molar-refractivity contribution in [3.63, 3.8) is 0 Å². The Bertz CT molecular complexity index is 436. The van der Waals surface area contributed by atoms with Crippen molar-refractivity contribution in [2.75, 3.05) is 0 Å². The molecule has 4 nitrogen and oxygen atoms in total. The average molecular weight is 281 g/mol. The third-order valence-electron chi connectivity index (χ3n) is 3.80. The Kier molecular flexibility index (Phi) is 4.58. The molecule has 2 rings (SSSR count). The van der Waals surface area contributed by atoms with Crippen LogP contribution in [-0.4, -0.2) is 17.0 Å². The number of nitrogens with one attached hydrogen (secondary N) is 1. The van der Waals surface area contributed by atoms with Gasteiger partial charge in [0.05, 0.1) is 6.42 Å². The first-order valence-corrected chi connectivity index (χ1v) is 7.54. The zero-order chi connectivity index (χ0) is 13.7. The maximum absolute atomic E-state index is 12.0. The Hall–Kier alpha value is -1.36. The number of aliphatic carboxylic acids is 1. The van der Waals surface area contributed by atoms with Crippen LogP contribution in [0.5, 0.6) is 0 Å². The van der Waals surface area contributed by atoms with E-state index in [1.54, 1.807) is 11.3 Å². The van der Waals surface area contributed by atoms with E-state index in [9.17, 15) is 9.59 Å². The molecule has 1 aromatic heterocycles. The molecule has 0 aliphatic heterocycles. The lowest BCUT2D eigenvalue weighted by Crippen LogP contribution is -2.31. The summed E-state index contributed by atoms with van der Waals surface area (Å²) in [6.07, 6.45) is 4.22. The van der Waals surface area contributed by atoms with Crippen LogP contribution in [0.4, 0.5) is 0 Å². The van der Waals surface area contributed by atoms with Gasteiger partial charge in [0, 0.05) is 13.0 Å². The molecule has 19 heavy (non-hydrogen) atoms. The molecule has 0 radical (unpaired) electrons. The second-order valence-corrected chi connectivity index (χ2v) is 6.14. The van der Waals surface area contributed by atoms with Crippen molar-refractivity contribution in [2.24, 2.45) is 5.41 Å². The summed E-state index contributed by atoms with van der Waals surface area (Å²) in [5.41, 5.74) is 0.780. The fraction of sp³-hybridized carbons (Fsp3) is 0.571. The number of amides is 1. The van der Waals surface area contributed by atoms with Gasteiger partial charge in [0.1, 0.15) is 0 Å².